The van der Waals surface area contributed by atoms with Gasteiger partial charge in [0, 0.05) is 0 Å². The van der Waals surface area contributed by atoms with E-state index in [-0.39, 0.29) is 22.3 Å². The van der Waals surface area contributed by atoms with Crippen LogP contribution in [-0.4, -0.2) is 0 Å². The average Bonchev–Trinajstić information content (AvgIpc) is 2.44. The zero-order valence-corrected chi connectivity index (χ0v) is 16.6. The van der Waals surface area contributed by atoms with Crippen molar-refractivity contribution in [3.8, 4) is 0 Å². The molecule has 0 amide bonds. The summed E-state index contributed by atoms with van der Waals surface area (Å²) in [7, 11) is 0. The van der Waals surface area contributed by atoms with Gasteiger partial charge in [-0.2, -0.15) is 0 Å². The zero-order valence-electron chi connectivity index (χ0n) is 16.6. The first kappa shape index (κ1) is 43.5. The Hall–Kier alpha value is 0. The fraction of sp³-hybridized carbons (Fsp3) is 1.00. The SMILES string of the molecule is C.C.C.CC.CCC.CCCC(C)CCC.CCCCCCC. The highest BCUT2D eigenvalue weighted by Gasteiger charge is 1.95. The molecule has 0 aliphatic heterocycles. The molecule has 0 heterocycles. The second-order valence-corrected chi connectivity index (χ2v) is 5.45. The molecule has 0 heteroatoms. The highest BCUT2D eigenvalue weighted by Crippen LogP contribution is 2.10. The van der Waals surface area contributed by atoms with E-state index in [4.69, 9.17) is 0 Å². The quantitative estimate of drug-likeness (QED) is 0.386. The Morgan fingerprint density at radius 3 is 0.957 bits per heavy atom. The lowest BCUT2D eigenvalue weighted by atomic mass is 10.0. The number of hydrogen-bond acceptors (Lipinski definition) is 0. The van der Waals surface area contributed by atoms with Gasteiger partial charge in [-0.1, -0.05) is 149 Å². The average molecular weight is 337 g/mol. The molecule has 0 aromatic heterocycles. The Labute approximate surface area is 155 Å². The van der Waals surface area contributed by atoms with E-state index in [1.54, 1.807) is 0 Å². The van der Waals surface area contributed by atoms with Crippen LogP contribution in [-0.2, 0) is 0 Å². The van der Waals surface area contributed by atoms with Gasteiger partial charge in [-0.15, -0.1) is 0 Å². The molecular weight excluding hydrogens is 276 g/mol. The highest BCUT2D eigenvalue weighted by atomic mass is 14.0. The fourth-order valence-electron chi connectivity index (χ4n) is 1.81. The summed E-state index contributed by atoms with van der Waals surface area (Å²) in [6, 6.07) is 0. The summed E-state index contributed by atoms with van der Waals surface area (Å²) < 4.78 is 0. The third-order valence-corrected chi connectivity index (χ3v) is 2.77. The molecule has 0 atom stereocenters. The maximum absolute atomic E-state index is 2.34. The van der Waals surface area contributed by atoms with E-state index in [1.807, 2.05) is 13.8 Å². The minimum absolute atomic E-state index is 0. The first-order valence-corrected chi connectivity index (χ1v) is 9.64. The van der Waals surface area contributed by atoms with Gasteiger partial charge in [-0.3, -0.25) is 0 Å². The summed E-state index contributed by atoms with van der Waals surface area (Å²) >= 11 is 0. The summed E-state index contributed by atoms with van der Waals surface area (Å²) in [5, 5.41) is 0. The van der Waals surface area contributed by atoms with Crippen molar-refractivity contribution in [1.29, 1.82) is 0 Å². The van der Waals surface area contributed by atoms with Gasteiger partial charge in [-0.05, 0) is 5.92 Å². The van der Waals surface area contributed by atoms with E-state index in [9.17, 15) is 0 Å². The van der Waals surface area contributed by atoms with Crippen LogP contribution >= 0.6 is 0 Å². The van der Waals surface area contributed by atoms with Gasteiger partial charge in [0.1, 0.15) is 0 Å². The van der Waals surface area contributed by atoms with Crippen LogP contribution in [0.15, 0.2) is 0 Å². The first-order chi connectivity index (χ1) is 9.64. The molecule has 0 bridgehead atoms. The Morgan fingerprint density at radius 2 is 0.783 bits per heavy atom. The summed E-state index contributed by atoms with van der Waals surface area (Å²) in [5.74, 6) is 0.963. The summed E-state index contributed by atoms with van der Waals surface area (Å²) in [5.41, 5.74) is 0. The predicted octanol–water partition coefficient (Wildman–Crippen LogP) is 10.6. The molecule has 0 saturated carbocycles. The standard InChI is InChI=1S/C8H18.C7H16.C3H8.C2H6.3CH4/c1-4-6-8(3)7-5-2;1-3-5-7-6-4-2;1-3-2;1-2;;;/h8H,4-7H2,1-3H3;3-7H2,1-2H3;3H2,1-2H3;1-2H3;3*1H4. The largest absolute Gasteiger partial charge is 0.0776 e. The van der Waals surface area contributed by atoms with E-state index in [0.717, 1.165) is 5.92 Å². The third kappa shape index (κ3) is 88.0. The monoisotopic (exact) mass is 336 g/mol. The molecule has 0 radical (unpaired) electrons. The first-order valence-electron chi connectivity index (χ1n) is 9.64. The number of hydrogen-bond donors (Lipinski definition) is 0. The zero-order chi connectivity index (χ0) is 16.6. The summed E-state index contributed by atoms with van der Waals surface area (Å²) in [6.45, 7) is 19.6. The predicted molar refractivity (Wildman–Crippen MR) is 121 cm³/mol. The Morgan fingerprint density at radius 1 is 0.522 bits per heavy atom. The van der Waals surface area contributed by atoms with Crippen LogP contribution in [0.5, 0.6) is 0 Å². The van der Waals surface area contributed by atoms with Crippen molar-refractivity contribution in [2.45, 2.75) is 149 Å². The van der Waals surface area contributed by atoms with Gasteiger partial charge in [0.2, 0.25) is 0 Å². The molecule has 0 saturated heterocycles. The molecule has 0 aromatic carbocycles. The topological polar surface area (TPSA) is 0 Å². The van der Waals surface area contributed by atoms with Crippen molar-refractivity contribution in [2.24, 2.45) is 5.92 Å². The van der Waals surface area contributed by atoms with Crippen molar-refractivity contribution in [3.63, 3.8) is 0 Å². The van der Waals surface area contributed by atoms with Gasteiger partial charge in [0.25, 0.3) is 0 Å². The van der Waals surface area contributed by atoms with Crippen molar-refractivity contribution in [1.82, 2.24) is 0 Å². The normalized spacial score (nSPS) is 7.57. The van der Waals surface area contributed by atoms with E-state index in [1.165, 1.54) is 64.2 Å². The molecule has 0 aliphatic carbocycles. The Kier molecular flexibility index (Phi) is 109. The van der Waals surface area contributed by atoms with Crippen LogP contribution < -0.4 is 0 Å². The van der Waals surface area contributed by atoms with E-state index >= 15 is 0 Å². The lowest BCUT2D eigenvalue weighted by Crippen LogP contribution is -1.91. The highest BCUT2D eigenvalue weighted by molar-refractivity contribution is 4.48. The van der Waals surface area contributed by atoms with Gasteiger partial charge in [-0.25, -0.2) is 0 Å². The van der Waals surface area contributed by atoms with E-state index in [0.29, 0.717) is 0 Å². The third-order valence-electron chi connectivity index (χ3n) is 2.77. The molecule has 0 unspecified atom stereocenters. The lowest BCUT2D eigenvalue weighted by Gasteiger charge is -2.05. The molecule has 0 rings (SSSR count). The molecule has 152 valence electrons. The molecule has 0 N–H and O–H groups in total. The van der Waals surface area contributed by atoms with Crippen molar-refractivity contribution < 1.29 is 0 Å². The Bertz CT molecular complexity index is 86.2. The maximum atomic E-state index is 2.34. The van der Waals surface area contributed by atoms with E-state index in [2.05, 4.69) is 48.5 Å². The van der Waals surface area contributed by atoms with Crippen LogP contribution in [0.2, 0.25) is 0 Å². The summed E-state index contributed by atoms with van der Waals surface area (Å²) in [4.78, 5) is 0. The van der Waals surface area contributed by atoms with Crippen LogP contribution in [0.1, 0.15) is 149 Å². The second-order valence-electron chi connectivity index (χ2n) is 5.45. The molecule has 0 spiro atoms. The molecular formula is C23H60. The Balaban J connectivity index is -0.0000000317. The van der Waals surface area contributed by atoms with Gasteiger partial charge in [0.15, 0.2) is 0 Å². The maximum Gasteiger partial charge on any atom is -0.0443 e. The minimum atomic E-state index is 0. The fourth-order valence-corrected chi connectivity index (χ4v) is 1.81. The van der Waals surface area contributed by atoms with Crippen molar-refractivity contribution in [3.05, 3.63) is 0 Å². The molecule has 0 aromatic rings. The van der Waals surface area contributed by atoms with Crippen molar-refractivity contribution in [2.75, 3.05) is 0 Å². The number of rotatable bonds is 8. The van der Waals surface area contributed by atoms with Gasteiger partial charge >= 0.3 is 0 Å². The molecule has 0 aliphatic rings. The van der Waals surface area contributed by atoms with Gasteiger partial charge in [0.05, 0.1) is 0 Å². The van der Waals surface area contributed by atoms with Crippen LogP contribution in [0.25, 0.3) is 0 Å². The van der Waals surface area contributed by atoms with Gasteiger partial charge < -0.3 is 0 Å². The smallest absolute Gasteiger partial charge is 0.0443 e. The van der Waals surface area contributed by atoms with Crippen molar-refractivity contribution >= 4 is 0 Å². The molecule has 23 heavy (non-hydrogen) atoms. The molecule has 0 nitrogen and oxygen atoms in total. The minimum Gasteiger partial charge on any atom is -0.0776 e. The lowest BCUT2D eigenvalue weighted by molar-refractivity contribution is 0.480. The second kappa shape index (κ2) is 57.4. The molecule has 0 fully saturated rings. The van der Waals surface area contributed by atoms with E-state index < -0.39 is 0 Å². The van der Waals surface area contributed by atoms with Crippen LogP contribution in [0, 0.1) is 5.92 Å². The number of unbranched alkanes of at least 4 members (excludes halogenated alkanes) is 4. The summed E-state index contributed by atoms with van der Waals surface area (Å²) in [6.07, 6.45) is 13.8. The van der Waals surface area contributed by atoms with Crippen LogP contribution in [0.4, 0.5) is 0 Å². The van der Waals surface area contributed by atoms with Crippen LogP contribution in [0.3, 0.4) is 0 Å².